The smallest absolute Gasteiger partial charge is 0.227 e. The molecule has 34 heavy (non-hydrogen) atoms. The average Bonchev–Trinajstić information content (AvgIpc) is 3.34. The zero-order valence-electron chi connectivity index (χ0n) is 19.7. The van der Waals surface area contributed by atoms with Gasteiger partial charge in [0.05, 0.1) is 5.69 Å². The van der Waals surface area contributed by atoms with Crippen molar-refractivity contribution in [3.05, 3.63) is 60.4 Å². The molecule has 2 saturated heterocycles. The lowest BCUT2D eigenvalue weighted by Gasteiger charge is -2.35. The van der Waals surface area contributed by atoms with Crippen LogP contribution in [0.5, 0.6) is 0 Å². The summed E-state index contributed by atoms with van der Waals surface area (Å²) in [5.74, 6) is 1.70. The molecule has 6 aliphatic heterocycles. The van der Waals surface area contributed by atoms with Crippen molar-refractivity contribution in [3.63, 3.8) is 0 Å². The van der Waals surface area contributed by atoms with E-state index in [-0.39, 0.29) is 0 Å². The number of rotatable bonds is 0. The molecule has 8 heterocycles. The summed E-state index contributed by atoms with van der Waals surface area (Å²) in [6.45, 7) is 7.89. The molecule has 0 saturated carbocycles. The molecule has 1 atom stereocenters. The van der Waals surface area contributed by atoms with E-state index in [1.165, 1.54) is 37.8 Å². The third kappa shape index (κ3) is 4.76. The van der Waals surface area contributed by atoms with Gasteiger partial charge in [-0.25, -0.2) is 15.0 Å². The van der Waals surface area contributed by atoms with Crippen molar-refractivity contribution < 1.29 is 0 Å². The molecule has 8 bridgehead atoms. The Balaban J connectivity index is 1.30. The minimum atomic E-state index is 0.606. The van der Waals surface area contributed by atoms with Crippen molar-refractivity contribution in [2.24, 2.45) is 0 Å². The van der Waals surface area contributed by atoms with Gasteiger partial charge >= 0.3 is 0 Å². The maximum atomic E-state index is 4.85. The maximum absolute atomic E-state index is 4.85. The fourth-order valence-electron chi connectivity index (χ4n) is 5.58. The number of nitrogens with one attached hydrogen (secondary N) is 1. The molecule has 1 unspecified atom stereocenters. The number of benzene rings is 1. The molecule has 7 heteroatoms. The van der Waals surface area contributed by atoms with Gasteiger partial charge in [-0.15, -0.1) is 0 Å². The van der Waals surface area contributed by atoms with E-state index >= 15 is 0 Å². The number of hydrogen-bond donors (Lipinski definition) is 1. The van der Waals surface area contributed by atoms with E-state index in [0.29, 0.717) is 12.0 Å². The maximum Gasteiger partial charge on any atom is 0.227 e. The average molecular weight is 456 g/mol. The van der Waals surface area contributed by atoms with Crippen LogP contribution in [0.4, 0.5) is 17.5 Å². The first-order valence-corrected chi connectivity index (χ1v) is 12.7. The summed E-state index contributed by atoms with van der Waals surface area (Å²) in [4.78, 5) is 21.8. The molecule has 0 aliphatic carbocycles. The Morgan fingerprint density at radius 1 is 0.824 bits per heavy atom. The summed E-state index contributed by atoms with van der Waals surface area (Å²) in [6.07, 6.45) is 8.81. The highest BCUT2D eigenvalue weighted by Gasteiger charge is 2.26. The zero-order chi connectivity index (χ0) is 22.7. The van der Waals surface area contributed by atoms with Crippen LogP contribution in [0.15, 0.2) is 54.9 Å². The number of piperazine rings is 1. The van der Waals surface area contributed by atoms with Gasteiger partial charge in [0.15, 0.2) is 0 Å². The quantitative estimate of drug-likeness (QED) is 0.546. The van der Waals surface area contributed by atoms with Crippen molar-refractivity contribution in [2.45, 2.75) is 38.3 Å². The highest BCUT2D eigenvalue weighted by atomic mass is 15.3. The van der Waals surface area contributed by atoms with Crippen LogP contribution in [0, 0.1) is 0 Å². The van der Waals surface area contributed by atoms with Gasteiger partial charge < -0.3 is 15.1 Å². The van der Waals surface area contributed by atoms with Gasteiger partial charge in [0.2, 0.25) is 5.95 Å². The first kappa shape index (κ1) is 21.5. The zero-order valence-corrected chi connectivity index (χ0v) is 19.7. The van der Waals surface area contributed by atoms with Gasteiger partial charge in [0, 0.05) is 69.0 Å². The Bertz CT molecular complexity index is 1110. The van der Waals surface area contributed by atoms with Crippen LogP contribution in [0.25, 0.3) is 11.3 Å². The summed E-state index contributed by atoms with van der Waals surface area (Å²) in [7, 11) is 0. The number of anilines is 3. The fraction of sp³-hybridized carbons (Fsp3) is 0.444. The summed E-state index contributed by atoms with van der Waals surface area (Å²) in [5, 5.41) is 3.40. The second-order valence-electron chi connectivity index (χ2n) is 9.75. The summed E-state index contributed by atoms with van der Waals surface area (Å²) in [6, 6.07) is 15.5. The summed E-state index contributed by atoms with van der Waals surface area (Å²) >= 11 is 0. The fourth-order valence-corrected chi connectivity index (χ4v) is 5.58. The van der Waals surface area contributed by atoms with E-state index in [9.17, 15) is 0 Å². The minimum Gasteiger partial charge on any atom is -0.354 e. The highest BCUT2D eigenvalue weighted by Crippen LogP contribution is 2.28. The van der Waals surface area contributed by atoms with Crippen LogP contribution in [-0.2, 0) is 6.54 Å². The molecule has 0 amide bonds. The molecule has 176 valence electrons. The van der Waals surface area contributed by atoms with E-state index in [1.807, 2.05) is 18.5 Å². The predicted molar refractivity (Wildman–Crippen MR) is 136 cm³/mol. The van der Waals surface area contributed by atoms with Crippen molar-refractivity contribution >= 4 is 17.5 Å². The SMILES string of the molecule is c1cc2cc(c1)Nc1nccc(n1)-c1ccc(nc1)N1CCCC1CCCN1CCN(CC1)C2. The number of hydrogen-bond acceptors (Lipinski definition) is 7. The number of pyridine rings is 1. The Morgan fingerprint density at radius 3 is 2.53 bits per heavy atom. The van der Waals surface area contributed by atoms with E-state index in [0.717, 1.165) is 62.0 Å². The molecule has 7 nitrogen and oxygen atoms in total. The lowest BCUT2D eigenvalue weighted by atomic mass is 10.1. The van der Waals surface area contributed by atoms with Gasteiger partial charge in [-0.2, -0.15) is 0 Å². The topological polar surface area (TPSA) is 60.4 Å². The first-order chi connectivity index (χ1) is 16.8. The van der Waals surface area contributed by atoms with E-state index in [4.69, 9.17) is 9.97 Å². The second kappa shape index (κ2) is 9.68. The van der Waals surface area contributed by atoms with Crippen molar-refractivity contribution in [2.75, 3.05) is 49.5 Å². The molecule has 2 aromatic heterocycles. The van der Waals surface area contributed by atoms with Crippen LogP contribution in [0.1, 0.15) is 31.2 Å². The lowest BCUT2D eigenvalue weighted by molar-refractivity contribution is 0.125. The normalized spacial score (nSPS) is 24.8. The van der Waals surface area contributed by atoms with Gasteiger partial charge in [-0.1, -0.05) is 12.1 Å². The molecular weight excluding hydrogens is 422 g/mol. The number of aromatic nitrogens is 3. The molecule has 2 fully saturated rings. The Labute approximate surface area is 201 Å². The van der Waals surface area contributed by atoms with Crippen LogP contribution < -0.4 is 10.2 Å². The third-order valence-corrected chi connectivity index (χ3v) is 7.44. The first-order valence-electron chi connectivity index (χ1n) is 12.7. The van der Waals surface area contributed by atoms with Gasteiger partial charge in [0.1, 0.15) is 5.82 Å². The van der Waals surface area contributed by atoms with E-state index in [2.05, 4.69) is 61.4 Å². The monoisotopic (exact) mass is 455 g/mol. The van der Waals surface area contributed by atoms with Gasteiger partial charge in [-0.05, 0) is 68.1 Å². The van der Waals surface area contributed by atoms with E-state index in [1.54, 1.807) is 0 Å². The van der Waals surface area contributed by atoms with Crippen molar-refractivity contribution in [1.29, 1.82) is 0 Å². The second-order valence-corrected chi connectivity index (χ2v) is 9.75. The molecule has 6 aliphatic rings. The predicted octanol–water partition coefficient (Wildman–Crippen LogP) is 4.16. The van der Waals surface area contributed by atoms with Gasteiger partial charge in [-0.3, -0.25) is 4.90 Å². The summed E-state index contributed by atoms with van der Waals surface area (Å²) < 4.78 is 0. The largest absolute Gasteiger partial charge is 0.354 e. The van der Waals surface area contributed by atoms with Crippen molar-refractivity contribution in [1.82, 2.24) is 24.8 Å². The number of nitrogens with zero attached hydrogens (tertiary/aromatic N) is 6. The molecule has 0 radical (unpaired) electrons. The standard InChI is InChI=1S/C27H33N7/c1-4-21-18-23(5-1)30-27-28-11-10-25(31-27)22-8-9-26(29-19-22)34-13-3-7-24(34)6-2-12-32-14-16-33(20-21)17-15-32/h1,4-5,8-11,18-19,24H,2-3,6-7,12-17,20H2,(H,28,30,31). The molecule has 0 spiro atoms. The molecule has 9 rings (SSSR count). The van der Waals surface area contributed by atoms with Crippen LogP contribution >= 0.6 is 0 Å². The summed E-state index contributed by atoms with van der Waals surface area (Å²) in [5.41, 5.74) is 4.24. The van der Waals surface area contributed by atoms with Crippen molar-refractivity contribution in [3.8, 4) is 11.3 Å². The molecular formula is C27H33N7. The Kier molecular flexibility index (Phi) is 6.12. The van der Waals surface area contributed by atoms with Crippen LogP contribution in [0.3, 0.4) is 0 Å². The van der Waals surface area contributed by atoms with E-state index < -0.39 is 0 Å². The van der Waals surface area contributed by atoms with Gasteiger partial charge in [0.25, 0.3) is 0 Å². The van der Waals surface area contributed by atoms with Crippen LogP contribution in [0.2, 0.25) is 0 Å². The molecule has 1 aromatic carbocycles. The van der Waals surface area contributed by atoms with Crippen LogP contribution in [-0.4, -0.2) is 70.1 Å². The molecule has 3 aromatic rings. The highest BCUT2D eigenvalue weighted by molar-refractivity contribution is 5.63. The third-order valence-electron chi connectivity index (χ3n) is 7.44. The lowest BCUT2D eigenvalue weighted by Crippen LogP contribution is -2.46. The Hall–Kier alpha value is -3.03. The molecule has 1 N–H and O–H groups in total. The minimum absolute atomic E-state index is 0.606. The Morgan fingerprint density at radius 2 is 1.68 bits per heavy atom.